The number of nitrogens with zero attached hydrogens (tertiary/aromatic N) is 4. The van der Waals surface area contributed by atoms with Crippen LogP contribution in [0.15, 0.2) is 0 Å². The summed E-state index contributed by atoms with van der Waals surface area (Å²) in [5, 5.41) is 8.40. The van der Waals surface area contributed by atoms with Crippen molar-refractivity contribution < 1.29 is 0 Å². The Balaban J connectivity index is 2.62. The first-order chi connectivity index (χ1) is 7.13. The molecular weight excluding hydrogens is 210 g/mol. The first-order valence-electron chi connectivity index (χ1n) is 4.65. The highest BCUT2D eigenvalue weighted by molar-refractivity contribution is 7.10. The SMILES string of the molecule is CNc1snc(C)c1-c1nc(C)nn1C. The second-order valence-electron chi connectivity index (χ2n) is 3.33. The van der Waals surface area contributed by atoms with E-state index in [1.165, 1.54) is 11.5 Å². The zero-order valence-electron chi connectivity index (χ0n) is 9.20. The van der Waals surface area contributed by atoms with Crippen LogP contribution in [0.1, 0.15) is 11.5 Å². The third kappa shape index (κ3) is 1.61. The predicted molar refractivity (Wildman–Crippen MR) is 61.1 cm³/mol. The molecule has 0 fully saturated rings. The largest absolute Gasteiger partial charge is 0.378 e. The van der Waals surface area contributed by atoms with Crippen LogP contribution in [-0.4, -0.2) is 26.2 Å². The molecule has 2 aromatic heterocycles. The number of anilines is 1. The van der Waals surface area contributed by atoms with Crippen LogP contribution in [0.4, 0.5) is 5.00 Å². The maximum atomic E-state index is 4.40. The van der Waals surface area contributed by atoms with Crippen LogP contribution in [0.2, 0.25) is 0 Å². The highest BCUT2D eigenvalue weighted by atomic mass is 32.1. The van der Waals surface area contributed by atoms with E-state index < -0.39 is 0 Å². The number of hydrogen-bond acceptors (Lipinski definition) is 5. The van der Waals surface area contributed by atoms with Crippen LogP contribution in [0.3, 0.4) is 0 Å². The van der Waals surface area contributed by atoms with Gasteiger partial charge in [-0.2, -0.15) is 9.47 Å². The van der Waals surface area contributed by atoms with Crippen molar-refractivity contribution in [3.05, 3.63) is 11.5 Å². The summed E-state index contributed by atoms with van der Waals surface area (Å²) in [6, 6.07) is 0. The molecule has 0 saturated carbocycles. The quantitative estimate of drug-likeness (QED) is 0.840. The Morgan fingerprint density at radius 3 is 2.60 bits per heavy atom. The molecule has 0 aliphatic carbocycles. The van der Waals surface area contributed by atoms with Crippen LogP contribution in [0.5, 0.6) is 0 Å². The molecule has 0 saturated heterocycles. The van der Waals surface area contributed by atoms with Gasteiger partial charge in [-0.05, 0) is 25.4 Å². The summed E-state index contributed by atoms with van der Waals surface area (Å²) < 4.78 is 6.10. The van der Waals surface area contributed by atoms with Gasteiger partial charge in [0.2, 0.25) is 0 Å². The van der Waals surface area contributed by atoms with Crippen molar-refractivity contribution in [2.45, 2.75) is 13.8 Å². The highest BCUT2D eigenvalue weighted by Crippen LogP contribution is 2.32. The lowest BCUT2D eigenvalue weighted by Crippen LogP contribution is -1.97. The molecule has 0 radical (unpaired) electrons. The van der Waals surface area contributed by atoms with Gasteiger partial charge < -0.3 is 5.32 Å². The minimum absolute atomic E-state index is 0.778. The minimum atomic E-state index is 0.778. The summed E-state index contributed by atoms with van der Waals surface area (Å²) >= 11 is 1.45. The van der Waals surface area contributed by atoms with E-state index in [0.717, 1.165) is 27.9 Å². The molecule has 0 unspecified atom stereocenters. The molecule has 2 rings (SSSR count). The van der Waals surface area contributed by atoms with Crippen molar-refractivity contribution in [1.82, 2.24) is 19.1 Å². The van der Waals surface area contributed by atoms with Crippen molar-refractivity contribution >= 4 is 16.5 Å². The minimum Gasteiger partial charge on any atom is -0.378 e. The van der Waals surface area contributed by atoms with Crippen LogP contribution in [0.25, 0.3) is 11.4 Å². The summed E-state index contributed by atoms with van der Waals surface area (Å²) in [7, 11) is 3.78. The molecule has 2 heterocycles. The van der Waals surface area contributed by atoms with Crippen LogP contribution in [0, 0.1) is 13.8 Å². The molecular formula is C9H13N5S. The molecule has 0 spiro atoms. The van der Waals surface area contributed by atoms with Crippen molar-refractivity contribution in [2.75, 3.05) is 12.4 Å². The van der Waals surface area contributed by atoms with Crippen molar-refractivity contribution in [1.29, 1.82) is 0 Å². The monoisotopic (exact) mass is 223 g/mol. The second-order valence-corrected chi connectivity index (χ2v) is 4.10. The molecule has 15 heavy (non-hydrogen) atoms. The van der Waals surface area contributed by atoms with Gasteiger partial charge in [0.15, 0.2) is 5.82 Å². The first kappa shape index (κ1) is 10.1. The lowest BCUT2D eigenvalue weighted by molar-refractivity contribution is 0.763. The van der Waals surface area contributed by atoms with E-state index in [2.05, 4.69) is 19.8 Å². The third-order valence-electron chi connectivity index (χ3n) is 2.18. The first-order valence-corrected chi connectivity index (χ1v) is 5.43. The summed E-state index contributed by atoms with van der Waals surface area (Å²) in [4.78, 5) is 4.40. The van der Waals surface area contributed by atoms with Gasteiger partial charge in [-0.3, -0.25) is 0 Å². The van der Waals surface area contributed by atoms with Gasteiger partial charge in [-0.1, -0.05) is 0 Å². The molecule has 80 valence electrons. The molecule has 0 aliphatic rings. The lowest BCUT2D eigenvalue weighted by Gasteiger charge is -2.01. The molecule has 6 heteroatoms. The van der Waals surface area contributed by atoms with Gasteiger partial charge in [0.05, 0.1) is 11.3 Å². The molecule has 0 amide bonds. The Morgan fingerprint density at radius 2 is 2.07 bits per heavy atom. The van der Waals surface area contributed by atoms with E-state index in [1.807, 2.05) is 27.9 Å². The summed E-state index contributed by atoms with van der Waals surface area (Å²) in [6.07, 6.45) is 0. The number of rotatable bonds is 2. The second kappa shape index (κ2) is 3.62. The topological polar surface area (TPSA) is 55.6 Å². The van der Waals surface area contributed by atoms with Gasteiger partial charge in [0, 0.05) is 14.1 Å². The maximum absolute atomic E-state index is 4.40. The van der Waals surface area contributed by atoms with Crippen molar-refractivity contribution in [3.63, 3.8) is 0 Å². The smallest absolute Gasteiger partial charge is 0.163 e. The fourth-order valence-electron chi connectivity index (χ4n) is 1.53. The highest BCUT2D eigenvalue weighted by Gasteiger charge is 2.16. The number of nitrogens with one attached hydrogen (secondary N) is 1. The third-order valence-corrected chi connectivity index (χ3v) is 3.14. The zero-order valence-corrected chi connectivity index (χ0v) is 10.0. The predicted octanol–water partition coefficient (Wildman–Crippen LogP) is 1.60. The standard InChI is InChI=1S/C9H13N5S/c1-5-7(9(10-3)15-13-5)8-11-6(2)12-14(8)4/h10H,1-4H3. The van der Waals surface area contributed by atoms with E-state index in [-0.39, 0.29) is 0 Å². The summed E-state index contributed by atoms with van der Waals surface area (Å²) in [5.41, 5.74) is 2.03. The summed E-state index contributed by atoms with van der Waals surface area (Å²) in [5.74, 6) is 1.64. The van der Waals surface area contributed by atoms with Gasteiger partial charge in [0.25, 0.3) is 0 Å². The van der Waals surface area contributed by atoms with E-state index in [0.29, 0.717) is 0 Å². The van der Waals surface area contributed by atoms with Crippen LogP contribution < -0.4 is 5.32 Å². The Bertz CT molecular complexity index is 485. The van der Waals surface area contributed by atoms with Gasteiger partial charge in [-0.15, -0.1) is 0 Å². The van der Waals surface area contributed by atoms with E-state index in [9.17, 15) is 0 Å². The normalized spacial score (nSPS) is 10.7. The van der Waals surface area contributed by atoms with Crippen molar-refractivity contribution in [3.8, 4) is 11.4 Å². The van der Waals surface area contributed by atoms with Crippen LogP contribution >= 0.6 is 11.5 Å². The Hall–Kier alpha value is -1.43. The summed E-state index contributed by atoms with van der Waals surface area (Å²) in [6.45, 7) is 3.87. The molecule has 0 bridgehead atoms. The lowest BCUT2D eigenvalue weighted by atomic mass is 10.2. The van der Waals surface area contributed by atoms with E-state index in [4.69, 9.17) is 0 Å². The van der Waals surface area contributed by atoms with E-state index in [1.54, 1.807) is 4.68 Å². The number of aryl methyl sites for hydroxylation is 3. The molecule has 5 nitrogen and oxygen atoms in total. The molecule has 0 aromatic carbocycles. The average molecular weight is 223 g/mol. The van der Waals surface area contributed by atoms with Crippen LogP contribution in [-0.2, 0) is 7.05 Å². The average Bonchev–Trinajstić information content (AvgIpc) is 2.69. The fraction of sp³-hybridized carbons (Fsp3) is 0.444. The maximum Gasteiger partial charge on any atom is 0.163 e. The Labute approximate surface area is 92.3 Å². The number of aromatic nitrogens is 4. The van der Waals surface area contributed by atoms with Crippen molar-refractivity contribution in [2.24, 2.45) is 7.05 Å². The number of hydrogen-bond donors (Lipinski definition) is 1. The molecule has 1 N–H and O–H groups in total. The molecule has 0 atom stereocenters. The Morgan fingerprint density at radius 1 is 1.33 bits per heavy atom. The van der Waals surface area contributed by atoms with Gasteiger partial charge in [0.1, 0.15) is 10.8 Å². The van der Waals surface area contributed by atoms with Gasteiger partial charge >= 0.3 is 0 Å². The Kier molecular flexibility index (Phi) is 2.44. The van der Waals surface area contributed by atoms with Gasteiger partial charge in [-0.25, -0.2) is 9.67 Å². The fourth-order valence-corrected chi connectivity index (χ4v) is 2.27. The zero-order chi connectivity index (χ0) is 11.0. The molecule has 2 aromatic rings. The molecule has 0 aliphatic heterocycles. The van der Waals surface area contributed by atoms with E-state index >= 15 is 0 Å².